The molecule has 0 radical (unpaired) electrons. The maximum atomic E-state index is 11.7. The molecular formula is C32H38N4O3. The van der Waals surface area contributed by atoms with Crippen LogP contribution in [-0.2, 0) is 16.7 Å². The van der Waals surface area contributed by atoms with Gasteiger partial charge in [0.1, 0.15) is 0 Å². The van der Waals surface area contributed by atoms with Gasteiger partial charge < -0.3 is 14.6 Å². The monoisotopic (exact) mass is 526 g/mol. The summed E-state index contributed by atoms with van der Waals surface area (Å²) in [5, 5.41) is 8.28. The van der Waals surface area contributed by atoms with Crippen LogP contribution in [0.3, 0.4) is 0 Å². The molecule has 1 aromatic heterocycles. The first-order chi connectivity index (χ1) is 19.0. The van der Waals surface area contributed by atoms with Crippen molar-refractivity contribution in [1.82, 2.24) is 20.4 Å². The Labute approximate surface area is 230 Å². The Hall–Kier alpha value is -3.03. The Bertz CT molecular complexity index is 1300. The molecule has 3 aliphatic carbocycles. The van der Waals surface area contributed by atoms with Gasteiger partial charge in [-0.05, 0) is 86.7 Å². The second-order valence-electron chi connectivity index (χ2n) is 12.5. The van der Waals surface area contributed by atoms with Crippen LogP contribution in [0.4, 0.5) is 0 Å². The van der Waals surface area contributed by atoms with Gasteiger partial charge in [0.15, 0.2) is 5.82 Å². The summed E-state index contributed by atoms with van der Waals surface area (Å²) in [6, 6.07) is 19.2. The summed E-state index contributed by atoms with van der Waals surface area (Å²) in [4.78, 5) is 19.2. The normalized spacial score (nSPS) is 25.3. The number of hydrogen-bond donors (Lipinski definition) is 1. The first-order valence-electron chi connectivity index (χ1n) is 14.6. The summed E-state index contributed by atoms with van der Waals surface area (Å²) < 4.78 is 10.6. The van der Waals surface area contributed by atoms with E-state index in [2.05, 4.69) is 45.7 Å². The van der Waals surface area contributed by atoms with E-state index in [0.29, 0.717) is 28.9 Å². The van der Waals surface area contributed by atoms with Crippen molar-refractivity contribution in [2.75, 3.05) is 26.7 Å². The van der Waals surface area contributed by atoms with E-state index in [0.717, 1.165) is 50.7 Å². The van der Waals surface area contributed by atoms with Crippen molar-refractivity contribution < 1.29 is 14.1 Å². The molecule has 1 N–H and O–H groups in total. The number of methoxy groups -OCH3 is 1. The zero-order valence-electron chi connectivity index (χ0n) is 22.8. The third-order valence-corrected chi connectivity index (χ3v) is 9.90. The Kier molecular flexibility index (Phi) is 6.31. The average Bonchev–Trinajstić information content (AvgIpc) is 3.88. The van der Waals surface area contributed by atoms with Gasteiger partial charge in [0.25, 0.3) is 0 Å². The van der Waals surface area contributed by atoms with Crippen molar-refractivity contribution in [3.05, 3.63) is 83.0 Å². The standard InChI is InChI=1S/C32H38N4O3/c1-38-29(37)24-9-7-22(8-10-24)20-36-15-13-31(14-16-36)18-25(19-31)28-34-30(35-39-28)32(11-12-32)21-33-27-17-26(27)23-5-3-2-4-6-23/h2-10,25-27,33H,11-21H2,1H3/t26?,27-/m0/s1. The second-order valence-corrected chi connectivity index (χ2v) is 12.5. The van der Waals surface area contributed by atoms with E-state index in [-0.39, 0.29) is 11.4 Å². The zero-order chi connectivity index (χ0) is 26.5. The molecule has 7 rings (SSSR count). The molecule has 0 amide bonds. The molecule has 1 unspecified atom stereocenters. The summed E-state index contributed by atoms with van der Waals surface area (Å²) in [5.74, 6) is 2.57. The molecule has 3 aromatic rings. The summed E-state index contributed by atoms with van der Waals surface area (Å²) in [6.07, 6.45) is 8.31. The van der Waals surface area contributed by atoms with Crippen molar-refractivity contribution >= 4 is 5.97 Å². The number of rotatable bonds is 9. The van der Waals surface area contributed by atoms with Gasteiger partial charge in [0.2, 0.25) is 5.89 Å². The fourth-order valence-corrected chi connectivity index (χ4v) is 6.94. The average molecular weight is 527 g/mol. The minimum Gasteiger partial charge on any atom is -0.465 e. The number of ether oxygens (including phenoxy) is 1. The molecule has 3 saturated carbocycles. The smallest absolute Gasteiger partial charge is 0.337 e. The van der Waals surface area contributed by atoms with Gasteiger partial charge in [-0.2, -0.15) is 4.98 Å². The summed E-state index contributed by atoms with van der Waals surface area (Å²) in [7, 11) is 1.42. The first kappa shape index (κ1) is 25.0. The van der Waals surface area contributed by atoms with Crippen molar-refractivity contribution in [1.29, 1.82) is 0 Å². The minimum atomic E-state index is -0.284. The topological polar surface area (TPSA) is 80.5 Å². The fraction of sp³-hybridized carbons (Fsp3) is 0.531. The van der Waals surface area contributed by atoms with Crippen LogP contribution < -0.4 is 5.32 Å². The Balaban J connectivity index is 0.877. The van der Waals surface area contributed by atoms with Crippen LogP contribution in [-0.4, -0.2) is 53.8 Å². The number of likely N-dealkylation sites (tertiary alicyclic amines) is 1. The predicted octanol–water partition coefficient (Wildman–Crippen LogP) is 5.19. The van der Waals surface area contributed by atoms with Crippen LogP contribution in [0.1, 0.15) is 90.0 Å². The number of nitrogens with zero attached hydrogens (tertiary/aromatic N) is 3. The SMILES string of the molecule is COC(=O)c1ccc(CN2CCC3(CC2)CC(c2nc(C4(CN[C@H]5CC5c5ccccc5)CC4)no2)C3)cc1. The number of carbonyl (C=O) groups is 1. The maximum absolute atomic E-state index is 11.7. The third kappa shape index (κ3) is 5.03. The minimum absolute atomic E-state index is 0.0768. The molecule has 2 heterocycles. The highest BCUT2D eigenvalue weighted by atomic mass is 16.5. The lowest BCUT2D eigenvalue weighted by molar-refractivity contribution is 0.00406. The number of benzene rings is 2. The molecule has 39 heavy (non-hydrogen) atoms. The molecule has 1 saturated heterocycles. The van der Waals surface area contributed by atoms with Crippen LogP contribution in [0, 0.1) is 5.41 Å². The van der Waals surface area contributed by atoms with Crippen molar-refractivity contribution in [3.8, 4) is 0 Å². The van der Waals surface area contributed by atoms with Crippen molar-refractivity contribution in [2.24, 2.45) is 5.41 Å². The molecule has 4 aliphatic rings. The molecule has 1 aliphatic heterocycles. The molecule has 204 valence electrons. The van der Waals surface area contributed by atoms with Gasteiger partial charge in [-0.15, -0.1) is 0 Å². The largest absolute Gasteiger partial charge is 0.465 e. The number of aromatic nitrogens is 2. The lowest BCUT2D eigenvalue weighted by Crippen LogP contribution is -2.46. The molecule has 2 aromatic carbocycles. The molecule has 4 fully saturated rings. The van der Waals surface area contributed by atoms with E-state index < -0.39 is 0 Å². The Morgan fingerprint density at radius 1 is 1.05 bits per heavy atom. The lowest BCUT2D eigenvalue weighted by Gasteiger charge is -2.51. The van der Waals surface area contributed by atoms with Crippen molar-refractivity contribution in [3.63, 3.8) is 0 Å². The maximum Gasteiger partial charge on any atom is 0.337 e. The van der Waals surface area contributed by atoms with Crippen LogP contribution in [0.2, 0.25) is 0 Å². The number of piperidine rings is 1. The third-order valence-electron chi connectivity index (χ3n) is 9.90. The molecular weight excluding hydrogens is 488 g/mol. The number of carbonyl (C=O) groups excluding carboxylic acids is 1. The van der Waals surface area contributed by atoms with E-state index in [1.54, 1.807) is 0 Å². The van der Waals surface area contributed by atoms with Gasteiger partial charge in [0.05, 0.1) is 12.7 Å². The van der Waals surface area contributed by atoms with E-state index in [4.69, 9.17) is 14.2 Å². The Morgan fingerprint density at radius 2 is 1.79 bits per heavy atom. The number of hydrogen-bond acceptors (Lipinski definition) is 7. The van der Waals surface area contributed by atoms with E-state index in [1.165, 1.54) is 50.3 Å². The van der Waals surface area contributed by atoms with Gasteiger partial charge in [0, 0.05) is 36.4 Å². The molecule has 7 heteroatoms. The summed E-state index contributed by atoms with van der Waals surface area (Å²) in [6.45, 7) is 4.10. The highest BCUT2D eigenvalue weighted by Gasteiger charge is 2.52. The van der Waals surface area contributed by atoms with Gasteiger partial charge in [-0.3, -0.25) is 4.90 Å². The van der Waals surface area contributed by atoms with Crippen LogP contribution >= 0.6 is 0 Å². The van der Waals surface area contributed by atoms with Crippen LogP contribution in [0.15, 0.2) is 59.1 Å². The molecule has 0 bridgehead atoms. The van der Waals surface area contributed by atoms with E-state index in [1.807, 2.05) is 24.3 Å². The van der Waals surface area contributed by atoms with Crippen LogP contribution in [0.5, 0.6) is 0 Å². The van der Waals surface area contributed by atoms with E-state index >= 15 is 0 Å². The Morgan fingerprint density at radius 3 is 2.49 bits per heavy atom. The van der Waals surface area contributed by atoms with Gasteiger partial charge >= 0.3 is 5.97 Å². The number of nitrogens with one attached hydrogen (secondary N) is 1. The summed E-state index contributed by atoms with van der Waals surface area (Å²) in [5.41, 5.74) is 3.80. The first-order valence-corrected chi connectivity index (χ1v) is 14.6. The number of esters is 1. The fourth-order valence-electron chi connectivity index (χ4n) is 6.94. The molecule has 7 nitrogen and oxygen atoms in total. The van der Waals surface area contributed by atoms with E-state index in [9.17, 15) is 4.79 Å². The zero-order valence-corrected chi connectivity index (χ0v) is 22.8. The lowest BCUT2D eigenvalue weighted by atomic mass is 9.57. The van der Waals surface area contributed by atoms with Crippen LogP contribution in [0.25, 0.3) is 0 Å². The highest BCUT2D eigenvalue weighted by Crippen LogP contribution is 2.57. The highest BCUT2D eigenvalue weighted by molar-refractivity contribution is 5.89. The molecule has 1 spiro atoms. The molecule has 2 atom stereocenters. The predicted molar refractivity (Wildman–Crippen MR) is 148 cm³/mol. The van der Waals surface area contributed by atoms with Gasteiger partial charge in [-0.1, -0.05) is 47.6 Å². The quantitative estimate of drug-likeness (QED) is 0.384. The summed E-state index contributed by atoms with van der Waals surface area (Å²) >= 11 is 0. The van der Waals surface area contributed by atoms with Gasteiger partial charge in [-0.25, -0.2) is 4.79 Å². The van der Waals surface area contributed by atoms with Crippen molar-refractivity contribution in [2.45, 2.75) is 74.8 Å². The second kappa shape index (κ2) is 9.86.